The van der Waals surface area contributed by atoms with Gasteiger partial charge in [0.15, 0.2) is 0 Å². The van der Waals surface area contributed by atoms with Crippen molar-refractivity contribution >= 4 is 23.5 Å². The fourth-order valence-electron chi connectivity index (χ4n) is 2.92. The predicted octanol–water partition coefficient (Wildman–Crippen LogP) is 3.02. The topological polar surface area (TPSA) is 54.5 Å². The third kappa shape index (κ3) is 4.34. The summed E-state index contributed by atoms with van der Waals surface area (Å²) in [7, 11) is 0. The van der Waals surface area contributed by atoms with E-state index in [-0.39, 0.29) is 18.3 Å². The number of ether oxygens (including phenoxy) is 1. The second kappa shape index (κ2) is 8.51. The van der Waals surface area contributed by atoms with E-state index < -0.39 is 0 Å². The van der Waals surface area contributed by atoms with Gasteiger partial charge in [0, 0.05) is 19.6 Å². The number of hydrogen-bond acceptors (Lipinski definition) is 5. The zero-order valence-corrected chi connectivity index (χ0v) is 15.7. The Morgan fingerprint density at radius 1 is 1.35 bits per heavy atom. The molecule has 5 nitrogen and oxygen atoms in total. The number of thioether (sulfide) groups is 1. The minimum absolute atomic E-state index is 0.197. The molecule has 0 bridgehead atoms. The number of amides is 1. The van der Waals surface area contributed by atoms with Crippen LogP contribution in [0.1, 0.15) is 21.5 Å². The van der Waals surface area contributed by atoms with Gasteiger partial charge in [-0.3, -0.25) is 4.79 Å². The molecule has 3 rings (SSSR count). The molecule has 1 aliphatic rings. The molecule has 138 valence electrons. The minimum atomic E-state index is -0.311. The number of hydrogen-bond donors (Lipinski definition) is 1. The number of carbonyl (C=O) groups is 1. The van der Waals surface area contributed by atoms with Gasteiger partial charge in [0.2, 0.25) is 0 Å². The average molecular weight is 375 g/mol. The molecule has 0 unspecified atom stereocenters. The van der Waals surface area contributed by atoms with Crippen LogP contribution >= 0.6 is 11.8 Å². The van der Waals surface area contributed by atoms with E-state index in [1.54, 1.807) is 12.1 Å². The molecule has 1 aromatic heterocycles. The SMILES string of the molecule is CSc1nc(N2CCOCC2)cc(C)c1C(=O)NCc1cccc(F)c1. The second-order valence-corrected chi connectivity index (χ2v) is 6.89. The first-order valence-corrected chi connectivity index (χ1v) is 9.72. The molecule has 0 atom stereocenters. The van der Waals surface area contributed by atoms with Gasteiger partial charge >= 0.3 is 0 Å². The first-order chi connectivity index (χ1) is 12.6. The summed E-state index contributed by atoms with van der Waals surface area (Å²) in [4.78, 5) is 19.5. The lowest BCUT2D eigenvalue weighted by atomic mass is 10.1. The fraction of sp³-hybridized carbons (Fsp3) is 0.368. The lowest BCUT2D eigenvalue weighted by Crippen LogP contribution is -2.37. The van der Waals surface area contributed by atoms with Gasteiger partial charge in [-0.15, -0.1) is 11.8 Å². The predicted molar refractivity (Wildman–Crippen MR) is 101 cm³/mol. The molecule has 1 amide bonds. The Balaban J connectivity index is 1.78. The van der Waals surface area contributed by atoms with Gasteiger partial charge < -0.3 is 15.0 Å². The number of aryl methyl sites for hydroxylation is 1. The largest absolute Gasteiger partial charge is 0.378 e. The third-order valence-corrected chi connectivity index (χ3v) is 4.95. The molecule has 2 heterocycles. The molecule has 1 saturated heterocycles. The lowest BCUT2D eigenvalue weighted by molar-refractivity contribution is 0.0946. The van der Waals surface area contributed by atoms with Crippen LogP contribution in [0.5, 0.6) is 0 Å². The Morgan fingerprint density at radius 3 is 2.81 bits per heavy atom. The summed E-state index contributed by atoms with van der Waals surface area (Å²) in [6.45, 7) is 5.16. The van der Waals surface area contributed by atoms with Crippen LogP contribution in [0.4, 0.5) is 10.2 Å². The van der Waals surface area contributed by atoms with Crippen LogP contribution < -0.4 is 10.2 Å². The average Bonchev–Trinajstić information content (AvgIpc) is 2.66. The van der Waals surface area contributed by atoms with E-state index in [4.69, 9.17) is 4.74 Å². The zero-order chi connectivity index (χ0) is 18.5. The third-order valence-electron chi connectivity index (χ3n) is 4.27. The Bertz CT molecular complexity index is 794. The monoisotopic (exact) mass is 375 g/mol. The van der Waals surface area contributed by atoms with Crippen LogP contribution in [0.15, 0.2) is 35.4 Å². The normalized spacial score (nSPS) is 14.3. The number of pyridine rings is 1. The van der Waals surface area contributed by atoms with Gasteiger partial charge in [0.05, 0.1) is 18.8 Å². The molecule has 0 aliphatic carbocycles. The standard InChI is InChI=1S/C19H22FN3O2S/c1-13-10-16(23-6-8-25-9-7-23)22-19(26-2)17(13)18(24)21-12-14-4-3-5-15(20)11-14/h3-5,10-11H,6-9,12H2,1-2H3,(H,21,24). The molecule has 1 aromatic carbocycles. The maximum Gasteiger partial charge on any atom is 0.254 e. The summed E-state index contributed by atoms with van der Waals surface area (Å²) < 4.78 is 18.7. The van der Waals surface area contributed by atoms with Gasteiger partial charge in [-0.05, 0) is 42.5 Å². The molecule has 0 radical (unpaired) electrons. The molecular formula is C19H22FN3O2S. The number of nitrogens with one attached hydrogen (secondary N) is 1. The summed E-state index contributed by atoms with van der Waals surface area (Å²) in [5, 5.41) is 3.56. The van der Waals surface area contributed by atoms with Gasteiger partial charge in [-0.25, -0.2) is 9.37 Å². The highest BCUT2D eigenvalue weighted by Gasteiger charge is 2.20. The van der Waals surface area contributed by atoms with Crippen molar-refractivity contribution in [2.24, 2.45) is 0 Å². The van der Waals surface area contributed by atoms with E-state index in [1.807, 2.05) is 19.2 Å². The van der Waals surface area contributed by atoms with Crippen molar-refractivity contribution < 1.29 is 13.9 Å². The Morgan fingerprint density at radius 2 is 2.12 bits per heavy atom. The molecule has 1 N–H and O–H groups in total. The van der Waals surface area contributed by atoms with E-state index >= 15 is 0 Å². The zero-order valence-electron chi connectivity index (χ0n) is 14.9. The molecule has 26 heavy (non-hydrogen) atoms. The van der Waals surface area contributed by atoms with Crippen LogP contribution in [0.25, 0.3) is 0 Å². The molecule has 0 spiro atoms. The lowest BCUT2D eigenvalue weighted by Gasteiger charge is -2.28. The highest BCUT2D eigenvalue weighted by atomic mass is 32.2. The van der Waals surface area contributed by atoms with E-state index in [9.17, 15) is 9.18 Å². The van der Waals surface area contributed by atoms with Gasteiger partial charge in [0.1, 0.15) is 16.7 Å². The number of anilines is 1. The van der Waals surface area contributed by atoms with Crippen molar-refractivity contribution in [1.82, 2.24) is 10.3 Å². The van der Waals surface area contributed by atoms with Crippen LogP contribution in [0, 0.1) is 12.7 Å². The summed E-state index contributed by atoms with van der Waals surface area (Å²) in [5.41, 5.74) is 2.17. The Labute approximate surface area is 156 Å². The first kappa shape index (κ1) is 18.7. The molecule has 1 fully saturated rings. The highest BCUT2D eigenvalue weighted by molar-refractivity contribution is 7.98. The number of carbonyl (C=O) groups excluding carboxylic acids is 1. The number of halogens is 1. The smallest absolute Gasteiger partial charge is 0.254 e. The molecule has 1 aliphatic heterocycles. The molecule has 7 heteroatoms. The van der Waals surface area contributed by atoms with Gasteiger partial charge in [-0.1, -0.05) is 12.1 Å². The minimum Gasteiger partial charge on any atom is -0.378 e. The van der Waals surface area contributed by atoms with Crippen molar-refractivity contribution in [1.29, 1.82) is 0 Å². The summed E-state index contributed by atoms with van der Waals surface area (Å²) in [6.07, 6.45) is 1.91. The van der Waals surface area contributed by atoms with Gasteiger partial charge in [0.25, 0.3) is 5.91 Å². The van der Waals surface area contributed by atoms with Crippen molar-refractivity contribution in [2.45, 2.75) is 18.5 Å². The number of benzene rings is 1. The number of morpholine rings is 1. The second-order valence-electron chi connectivity index (χ2n) is 6.09. The Hall–Kier alpha value is -2.12. The molecular weight excluding hydrogens is 353 g/mol. The maximum atomic E-state index is 13.3. The van der Waals surface area contributed by atoms with E-state index in [2.05, 4.69) is 15.2 Å². The summed E-state index contributed by atoms with van der Waals surface area (Å²) in [5.74, 6) is 0.364. The van der Waals surface area contributed by atoms with Crippen LogP contribution in [-0.4, -0.2) is 43.5 Å². The van der Waals surface area contributed by atoms with Crippen LogP contribution in [0.3, 0.4) is 0 Å². The molecule has 2 aromatic rings. The van der Waals surface area contributed by atoms with E-state index in [1.165, 1.54) is 23.9 Å². The number of nitrogens with zero attached hydrogens (tertiary/aromatic N) is 2. The number of rotatable bonds is 5. The summed E-state index contributed by atoms with van der Waals surface area (Å²) in [6, 6.07) is 8.17. The molecule has 0 saturated carbocycles. The fourth-order valence-corrected chi connectivity index (χ4v) is 3.57. The van der Waals surface area contributed by atoms with Gasteiger partial charge in [-0.2, -0.15) is 0 Å². The summed E-state index contributed by atoms with van der Waals surface area (Å²) >= 11 is 1.45. The maximum absolute atomic E-state index is 13.3. The van der Waals surface area contributed by atoms with Crippen molar-refractivity contribution in [3.8, 4) is 0 Å². The van der Waals surface area contributed by atoms with Crippen molar-refractivity contribution in [3.63, 3.8) is 0 Å². The van der Waals surface area contributed by atoms with Crippen molar-refractivity contribution in [2.75, 3.05) is 37.5 Å². The van der Waals surface area contributed by atoms with Crippen molar-refractivity contribution in [3.05, 3.63) is 52.8 Å². The highest BCUT2D eigenvalue weighted by Crippen LogP contribution is 2.26. The van der Waals surface area contributed by atoms with Crippen LogP contribution in [0.2, 0.25) is 0 Å². The van der Waals surface area contributed by atoms with Crippen LogP contribution in [-0.2, 0) is 11.3 Å². The first-order valence-electron chi connectivity index (χ1n) is 8.49. The quantitative estimate of drug-likeness (QED) is 0.814. The van der Waals surface area contributed by atoms with E-state index in [0.717, 1.165) is 30.0 Å². The van der Waals surface area contributed by atoms with E-state index in [0.29, 0.717) is 23.8 Å². The number of aromatic nitrogens is 1. The Kier molecular flexibility index (Phi) is 6.11.